The van der Waals surface area contributed by atoms with E-state index < -0.39 is 5.60 Å². The lowest BCUT2D eigenvalue weighted by atomic mass is 9.78. The van der Waals surface area contributed by atoms with Crippen LogP contribution >= 0.6 is 0 Å². The predicted octanol–water partition coefficient (Wildman–Crippen LogP) is 5.85. The van der Waals surface area contributed by atoms with E-state index in [0.717, 1.165) is 39.4 Å². The first kappa shape index (κ1) is 18.0. The fourth-order valence-corrected chi connectivity index (χ4v) is 4.51. The molecule has 4 aromatic carbocycles. The molecule has 0 saturated heterocycles. The molecule has 1 atom stereocenters. The Morgan fingerprint density at radius 2 is 1.32 bits per heavy atom. The molecule has 0 fully saturated rings. The van der Waals surface area contributed by atoms with E-state index in [1.54, 1.807) is 0 Å². The molecule has 2 aliphatic rings. The number of para-hydroxylation sites is 1. The maximum absolute atomic E-state index is 7.01. The van der Waals surface area contributed by atoms with Gasteiger partial charge in [0.1, 0.15) is 5.60 Å². The molecule has 1 N–H and O–H groups in total. The van der Waals surface area contributed by atoms with Crippen molar-refractivity contribution in [2.45, 2.75) is 11.8 Å². The number of anilines is 1. The lowest BCUT2D eigenvalue weighted by Gasteiger charge is -2.44. The molecule has 4 nitrogen and oxygen atoms in total. The molecular weight excluding hydrogens is 386 g/mol. The Kier molecular flexibility index (Phi) is 4.18. The first-order valence-corrected chi connectivity index (χ1v) is 10.4. The van der Waals surface area contributed by atoms with Gasteiger partial charge in [0.25, 0.3) is 0 Å². The second-order valence-electron chi connectivity index (χ2n) is 7.71. The maximum Gasteiger partial charge on any atom is 0.231 e. The van der Waals surface area contributed by atoms with Crippen molar-refractivity contribution in [3.63, 3.8) is 0 Å². The first-order valence-electron chi connectivity index (χ1n) is 10.4. The highest BCUT2D eigenvalue weighted by atomic mass is 16.7. The molecule has 0 aliphatic carbocycles. The lowest BCUT2D eigenvalue weighted by molar-refractivity contribution is -0.0432. The van der Waals surface area contributed by atoms with Crippen LogP contribution in [-0.2, 0) is 10.3 Å². The molecule has 2 aliphatic heterocycles. The third kappa shape index (κ3) is 2.87. The Morgan fingerprint density at radius 3 is 2.06 bits per heavy atom. The number of hydrogen-bond donors (Lipinski definition) is 1. The SMILES string of the molecule is c1ccc(C2(c3ccccc3)O[C@H](c3ccc4c(c3)OCO4)Nc3ccccc32)cc1. The minimum Gasteiger partial charge on any atom is -0.454 e. The third-order valence-corrected chi connectivity index (χ3v) is 5.95. The topological polar surface area (TPSA) is 39.7 Å². The van der Waals surface area contributed by atoms with Crippen LogP contribution in [0.25, 0.3) is 0 Å². The summed E-state index contributed by atoms with van der Waals surface area (Å²) in [5, 5.41) is 3.58. The zero-order chi connectivity index (χ0) is 20.7. The van der Waals surface area contributed by atoms with Crippen molar-refractivity contribution in [1.82, 2.24) is 0 Å². The summed E-state index contributed by atoms with van der Waals surface area (Å²) in [7, 11) is 0. The van der Waals surface area contributed by atoms with Gasteiger partial charge in [0.15, 0.2) is 17.7 Å². The van der Waals surface area contributed by atoms with Crippen LogP contribution in [0.5, 0.6) is 11.5 Å². The summed E-state index contributed by atoms with van der Waals surface area (Å²) in [4.78, 5) is 0. The molecule has 152 valence electrons. The molecule has 0 bridgehead atoms. The van der Waals surface area contributed by atoms with Crippen LogP contribution in [0.1, 0.15) is 28.5 Å². The van der Waals surface area contributed by atoms with Crippen molar-refractivity contribution in [2.75, 3.05) is 12.1 Å². The highest BCUT2D eigenvalue weighted by Gasteiger charge is 2.45. The quantitative estimate of drug-likeness (QED) is 0.463. The van der Waals surface area contributed by atoms with E-state index in [1.165, 1.54) is 0 Å². The summed E-state index contributed by atoms with van der Waals surface area (Å²) < 4.78 is 18.1. The number of nitrogens with one attached hydrogen (secondary N) is 1. The highest BCUT2D eigenvalue weighted by Crippen LogP contribution is 2.50. The van der Waals surface area contributed by atoms with Gasteiger partial charge in [0, 0.05) is 16.8 Å². The molecule has 0 aromatic heterocycles. The van der Waals surface area contributed by atoms with Gasteiger partial charge in [-0.3, -0.25) is 0 Å². The van der Waals surface area contributed by atoms with Gasteiger partial charge in [-0.1, -0.05) is 84.9 Å². The summed E-state index contributed by atoms with van der Waals surface area (Å²) in [6, 6.07) is 35.1. The predicted molar refractivity (Wildman–Crippen MR) is 119 cm³/mol. The van der Waals surface area contributed by atoms with Crippen LogP contribution in [0.3, 0.4) is 0 Å². The molecule has 4 aromatic rings. The van der Waals surface area contributed by atoms with Gasteiger partial charge in [-0.25, -0.2) is 0 Å². The van der Waals surface area contributed by atoms with Gasteiger partial charge in [-0.2, -0.15) is 0 Å². The zero-order valence-corrected chi connectivity index (χ0v) is 16.8. The average Bonchev–Trinajstić information content (AvgIpc) is 3.32. The number of rotatable bonds is 3. The van der Waals surface area contributed by atoms with Crippen molar-refractivity contribution in [3.05, 3.63) is 125 Å². The number of benzene rings is 4. The zero-order valence-electron chi connectivity index (χ0n) is 16.8. The van der Waals surface area contributed by atoms with Crippen LogP contribution in [-0.4, -0.2) is 6.79 Å². The second kappa shape index (κ2) is 7.18. The third-order valence-electron chi connectivity index (χ3n) is 5.95. The summed E-state index contributed by atoms with van der Waals surface area (Å²) in [5.41, 5.74) is 4.52. The van der Waals surface area contributed by atoms with E-state index in [2.05, 4.69) is 78.1 Å². The van der Waals surface area contributed by atoms with Gasteiger partial charge in [0.05, 0.1) is 0 Å². The van der Waals surface area contributed by atoms with E-state index in [-0.39, 0.29) is 13.0 Å². The minimum absolute atomic E-state index is 0.249. The molecule has 0 amide bonds. The van der Waals surface area contributed by atoms with Crippen LogP contribution in [0, 0.1) is 0 Å². The Bertz CT molecular complexity index is 1180. The first-order chi connectivity index (χ1) is 15.3. The summed E-state index contributed by atoms with van der Waals surface area (Å²) in [6.45, 7) is 0.249. The van der Waals surface area contributed by atoms with Crippen LogP contribution in [0.4, 0.5) is 5.69 Å². The molecule has 0 spiro atoms. The molecule has 4 heteroatoms. The van der Waals surface area contributed by atoms with Gasteiger partial charge >= 0.3 is 0 Å². The van der Waals surface area contributed by atoms with E-state index >= 15 is 0 Å². The van der Waals surface area contributed by atoms with Crippen LogP contribution in [0.15, 0.2) is 103 Å². The molecule has 6 rings (SSSR count). The Balaban J connectivity index is 1.57. The molecule has 0 radical (unpaired) electrons. The molecule has 31 heavy (non-hydrogen) atoms. The van der Waals surface area contributed by atoms with Gasteiger partial charge < -0.3 is 19.5 Å². The Morgan fingerprint density at radius 1 is 0.677 bits per heavy atom. The Labute approximate surface area is 181 Å². The second-order valence-corrected chi connectivity index (χ2v) is 7.71. The van der Waals surface area contributed by atoms with E-state index in [4.69, 9.17) is 14.2 Å². The molecule has 0 saturated carbocycles. The monoisotopic (exact) mass is 407 g/mol. The van der Waals surface area contributed by atoms with E-state index in [9.17, 15) is 0 Å². The normalized spacial score (nSPS) is 18.1. The van der Waals surface area contributed by atoms with Crippen molar-refractivity contribution >= 4 is 5.69 Å². The van der Waals surface area contributed by atoms with Gasteiger partial charge in [-0.05, 0) is 29.3 Å². The number of hydrogen-bond acceptors (Lipinski definition) is 4. The Hall–Kier alpha value is -3.76. The van der Waals surface area contributed by atoms with E-state index in [0.29, 0.717) is 0 Å². The van der Waals surface area contributed by atoms with Crippen LogP contribution < -0.4 is 14.8 Å². The maximum atomic E-state index is 7.01. The molecule has 0 unspecified atom stereocenters. The summed E-state index contributed by atoms with van der Waals surface area (Å²) in [5.74, 6) is 1.50. The standard InChI is InChI=1S/C27H21NO3/c1-3-9-20(10-4-1)27(21-11-5-2-6-12-21)22-13-7-8-14-23(22)28-26(31-27)19-15-16-24-25(17-19)30-18-29-24/h1-17,26,28H,18H2/t26-/m1/s1. The lowest BCUT2D eigenvalue weighted by Crippen LogP contribution is -2.40. The van der Waals surface area contributed by atoms with Crippen molar-refractivity contribution in [3.8, 4) is 11.5 Å². The molecule has 2 heterocycles. The summed E-state index contributed by atoms with van der Waals surface area (Å²) in [6.07, 6.45) is -0.371. The molecular formula is C27H21NO3. The van der Waals surface area contributed by atoms with Crippen LogP contribution in [0.2, 0.25) is 0 Å². The fourth-order valence-electron chi connectivity index (χ4n) is 4.51. The van der Waals surface area contributed by atoms with Gasteiger partial charge in [-0.15, -0.1) is 0 Å². The fraction of sp³-hybridized carbons (Fsp3) is 0.111. The van der Waals surface area contributed by atoms with Crippen molar-refractivity contribution in [2.24, 2.45) is 0 Å². The average molecular weight is 407 g/mol. The van der Waals surface area contributed by atoms with Gasteiger partial charge in [0.2, 0.25) is 6.79 Å². The largest absolute Gasteiger partial charge is 0.454 e. The number of ether oxygens (including phenoxy) is 3. The van der Waals surface area contributed by atoms with Crippen molar-refractivity contribution < 1.29 is 14.2 Å². The summed E-state index contributed by atoms with van der Waals surface area (Å²) >= 11 is 0. The van der Waals surface area contributed by atoms with Crippen molar-refractivity contribution in [1.29, 1.82) is 0 Å². The smallest absolute Gasteiger partial charge is 0.231 e. The highest BCUT2D eigenvalue weighted by molar-refractivity contribution is 5.64. The minimum atomic E-state index is -0.759. The van der Waals surface area contributed by atoms with E-state index in [1.807, 2.05) is 30.3 Å². The number of fused-ring (bicyclic) bond motifs is 2.